The van der Waals surface area contributed by atoms with Crippen molar-refractivity contribution in [2.45, 2.75) is 10.9 Å². The zero-order valence-corrected chi connectivity index (χ0v) is 15.6. The van der Waals surface area contributed by atoms with Crippen molar-refractivity contribution in [1.29, 1.82) is 0 Å². The lowest BCUT2D eigenvalue weighted by atomic mass is 10.0. The second-order valence-corrected chi connectivity index (χ2v) is 8.26. The minimum Gasteiger partial charge on any atom is -0.324 e. The van der Waals surface area contributed by atoms with Gasteiger partial charge in [0.05, 0.1) is 11.2 Å². The summed E-state index contributed by atoms with van der Waals surface area (Å²) < 4.78 is 28.0. The number of amides is 1. The Labute approximate surface area is 161 Å². The Morgan fingerprint density at radius 2 is 1.82 bits per heavy atom. The fourth-order valence-electron chi connectivity index (χ4n) is 3.13. The molecular formula is C19H16N4O4S. The molecule has 0 radical (unpaired) electrons. The van der Waals surface area contributed by atoms with Crippen LogP contribution in [0.3, 0.4) is 0 Å². The molecule has 0 saturated carbocycles. The number of ketones is 1. The molecule has 1 N–H and O–H groups in total. The van der Waals surface area contributed by atoms with Crippen LogP contribution < -0.4 is 5.32 Å². The van der Waals surface area contributed by atoms with E-state index >= 15 is 0 Å². The Balaban J connectivity index is 1.61. The predicted molar refractivity (Wildman–Crippen MR) is 102 cm³/mol. The van der Waals surface area contributed by atoms with Gasteiger partial charge in [-0.1, -0.05) is 12.1 Å². The van der Waals surface area contributed by atoms with Crippen molar-refractivity contribution in [3.8, 4) is 5.69 Å². The highest BCUT2D eigenvalue weighted by Gasteiger charge is 2.45. The van der Waals surface area contributed by atoms with Crippen LogP contribution in [0.25, 0.3) is 5.69 Å². The molecule has 0 fully saturated rings. The van der Waals surface area contributed by atoms with Crippen LogP contribution in [-0.4, -0.2) is 47.1 Å². The van der Waals surface area contributed by atoms with Crippen LogP contribution in [0.4, 0.5) is 5.69 Å². The number of aromatic nitrogens is 2. The molecule has 1 aromatic heterocycles. The summed E-state index contributed by atoms with van der Waals surface area (Å²) in [5.41, 5.74) is 1.32. The number of hydrogen-bond donors (Lipinski definition) is 1. The molecule has 8 nitrogen and oxygen atoms in total. The van der Waals surface area contributed by atoms with Crippen LogP contribution in [0.1, 0.15) is 10.4 Å². The van der Waals surface area contributed by atoms with Gasteiger partial charge in [0, 0.05) is 36.4 Å². The van der Waals surface area contributed by atoms with Crippen LogP contribution in [0.5, 0.6) is 0 Å². The van der Waals surface area contributed by atoms with Gasteiger partial charge in [-0.25, -0.2) is 13.4 Å². The SMILES string of the molecule is CN1C(C(=O)Nc2ccc(-n3ccnc3)cc2)C(=O)c2ccccc2S1(=O)=O. The number of benzene rings is 2. The van der Waals surface area contributed by atoms with Crippen LogP contribution >= 0.6 is 0 Å². The summed E-state index contributed by atoms with van der Waals surface area (Å²) in [7, 11) is -2.70. The summed E-state index contributed by atoms with van der Waals surface area (Å²) in [6, 6.07) is 11.3. The van der Waals surface area contributed by atoms with E-state index in [0.717, 1.165) is 9.99 Å². The number of nitrogens with zero attached hydrogens (tertiary/aromatic N) is 3. The number of sulfonamides is 1. The van der Waals surface area contributed by atoms with E-state index in [1.54, 1.807) is 59.7 Å². The monoisotopic (exact) mass is 396 g/mol. The van der Waals surface area contributed by atoms with E-state index in [1.165, 1.54) is 19.2 Å². The fraction of sp³-hybridized carbons (Fsp3) is 0.105. The molecule has 4 rings (SSSR count). The average molecular weight is 396 g/mol. The quantitative estimate of drug-likeness (QED) is 0.679. The van der Waals surface area contributed by atoms with Gasteiger partial charge in [-0.2, -0.15) is 4.31 Å². The Kier molecular flexibility index (Phi) is 4.33. The largest absolute Gasteiger partial charge is 0.324 e. The van der Waals surface area contributed by atoms with Crippen molar-refractivity contribution in [2.75, 3.05) is 12.4 Å². The fourth-order valence-corrected chi connectivity index (χ4v) is 4.60. The number of fused-ring (bicyclic) bond motifs is 1. The zero-order chi connectivity index (χ0) is 19.9. The second-order valence-electron chi connectivity index (χ2n) is 6.29. The third-order valence-electron chi connectivity index (χ3n) is 4.61. The van der Waals surface area contributed by atoms with Gasteiger partial charge in [0.25, 0.3) is 5.91 Å². The van der Waals surface area contributed by atoms with E-state index in [-0.39, 0.29) is 10.5 Å². The molecule has 1 atom stereocenters. The van der Waals surface area contributed by atoms with E-state index < -0.39 is 27.8 Å². The summed E-state index contributed by atoms with van der Waals surface area (Å²) in [6.07, 6.45) is 5.08. The molecule has 142 valence electrons. The van der Waals surface area contributed by atoms with E-state index in [0.29, 0.717) is 5.69 Å². The van der Waals surface area contributed by atoms with Crippen LogP contribution in [-0.2, 0) is 14.8 Å². The van der Waals surface area contributed by atoms with Gasteiger partial charge in [-0.05, 0) is 36.4 Å². The molecule has 3 aromatic rings. The molecule has 9 heteroatoms. The van der Waals surface area contributed by atoms with Gasteiger partial charge in [0.1, 0.15) is 0 Å². The summed E-state index contributed by atoms with van der Waals surface area (Å²) in [5, 5.41) is 2.62. The first-order valence-electron chi connectivity index (χ1n) is 8.40. The molecule has 0 spiro atoms. The Morgan fingerprint density at radius 3 is 2.50 bits per heavy atom. The number of hydrogen-bond acceptors (Lipinski definition) is 5. The normalized spacial score (nSPS) is 18.5. The molecule has 1 unspecified atom stereocenters. The number of anilines is 1. The van der Waals surface area contributed by atoms with Crippen molar-refractivity contribution >= 4 is 27.4 Å². The van der Waals surface area contributed by atoms with Crippen molar-refractivity contribution in [3.05, 3.63) is 72.8 Å². The van der Waals surface area contributed by atoms with Crippen LogP contribution in [0.15, 0.2) is 72.1 Å². The van der Waals surface area contributed by atoms with Crippen LogP contribution in [0.2, 0.25) is 0 Å². The highest BCUT2D eigenvalue weighted by molar-refractivity contribution is 7.89. The lowest BCUT2D eigenvalue weighted by Crippen LogP contribution is -2.53. The van der Waals surface area contributed by atoms with Gasteiger partial charge < -0.3 is 9.88 Å². The highest BCUT2D eigenvalue weighted by atomic mass is 32.2. The molecule has 0 saturated heterocycles. The first-order chi connectivity index (χ1) is 13.4. The number of rotatable bonds is 3. The maximum atomic E-state index is 12.8. The Morgan fingerprint density at radius 1 is 1.11 bits per heavy atom. The first kappa shape index (κ1) is 18.1. The van der Waals surface area contributed by atoms with E-state index in [9.17, 15) is 18.0 Å². The smallest absolute Gasteiger partial charge is 0.250 e. The van der Waals surface area contributed by atoms with E-state index in [4.69, 9.17) is 0 Å². The van der Waals surface area contributed by atoms with E-state index in [2.05, 4.69) is 10.3 Å². The van der Waals surface area contributed by atoms with Crippen molar-refractivity contribution < 1.29 is 18.0 Å². The maximum absolute atomic E-state index is 12.8. The summed E-state index contributed by atoms with van der Waals surface area (Å²) in [6.45, 7) is 0. The van der Waals surface area contributed by atoms with Gasteiger partial charge in [-0.15, -0.1) is 0 Å². The molecule has 1 amide bonds. The molecule has 28 heavy (non-hydrogen) atoms. The minimum atomic E-state index is -3.94. The molecule has 0 bridgehead atoms. The minimum absolute atomic E-state index is 0.0243. The molecular weight excluding hydrogens is 380 g/mol. The number of carbonyl (C=O) groups excluding carboxylic acids is 2. The summed E-state index contributed by atoms with van der Waals surface area (Å²) in [5.74, 6) is -1.26. The van der Waals surface area contributed by atoms with Crippen LogP contribution in [0, 0.1) is 0 Å². The second kappa shape index (κ2) is 6.70. The topological polar surface area (TPSA) is 101 Å². The first-order valence-corrected chi connectivity index (χ1v) is 9.84. The molecule has 0 aliphatic carbocycles. The standard InChI is InChI=1S/C19H16N4O4S/c1-22-17(18(24)15-4-2-3-5-16(15)28(22,26)27)19(25)21-13-6-8-14(9-7-13)23-11-10-20-12-23/h2-12,17H,1H3,(H,21,25). The lowest BCUT2D eigenvalue weighted by Gasteiger charge is -2.30. The third-order valence-corrected chi connectivity index (χ3v) is 6.49. The number of carbonyl (C=O) groups is 2. The Hall–Kier alpha value is -3.30. The summed E-state index contributed by atoms with van der Waals surface area (Å²) in [4.78, 5) is 29.4. The van der Waals surface area contributed by atoms with Gasteiger partial charge >= 0.3 is 0 Å². The summed E-state index contributed by atoms with van der Waals surface area (Å²) >= 11 is 0. The number of Topliss-reactive ketones (excluding diaryl/α,β-unsaturated/α-hetero) is 1. The Bertz CT molecular complexity index is 1150. The number of nitrogens with one attached hydrogen (secondary N) is 1. The van der Waals surface area contributed by atoms with Gasteiger partial charge in [-0.3, -0.25) is 9.59 Å². The van der Waals surface area contributed by atoms with Crippen molar-refractivity contribution in [2.24, 2.45) is 0 Å². The zero-order valence-electron chi connectivity index (χ0n) is 14.8. The average Bonchev–Trinajstić information content (AvgIpc) is 3.22. The number of imidazole rings is 1. The maximum Gasteiger partial charge on any atom is 0.250 e. The third kappa shape index (κ3) is 2.90. The molecule has 2 heterocycles. The molecule has 2 aromatic carbocycles. The lowest BCUT2D eigenvalue weighted by molar-refractivity contribution is -0.118. The predicted octanol–water partition coefficient (Wildman–Crippen LogP) is 1.70. The van der Waals surface area contributed by atoms with Gasteiger partial charge in [0.15, 0.2) is 11.8 Å². The van der Waals surface area contributed by atoms with Gasteiger partial charge in [0.2, 0.25) is 10.0 Å². The van der Waals surface area contributed by atoms with E-state index in [1.807, 2.05) is 0 Å². The molecule has 1 aliphatic rings. The molecule has 1 aliphatic heterocycles. The number of likely N-dealkylation sites (N-methyl/N-ethyl adjacent to an activating group) is 1. The van der Waals surface area contributed by atoms with Crippen molar-refractivity contribution in [1.82, 2.24) is 13.9 Å². The van der Waals surface area contributed by atoms with Crippen molar-refractivity contribution in [3.63, 3.8) is 0 Å². The highest BCUT2D eigenvalue weighted by Crippen LogP contribution is 2.29.